The third kappa shape index (κ3) is 4.70. The van der Waals surface area contributed by atoms with Gasteiger partial charge in [0.1, 0.15) is 4.32 Å². The molecule has 0 bridgehead atoms. The fourth-order valence-electron chi connectivity index (χ4n) is 1.93. The fraction of sp³-hybridized carbons (Fsp3) is 0.267. The predicted molar refractivity (Wildman–Crippen MR) is 97.6 cm³/mol. The first-order chi connectivity index (χ1) is 10.9. The molecule has 1 fully saturated rings. The molecular formula is C15H13Cl2NO3S2. The molecule has 2 rings (SSSR count). The van der Waals surface area contributed by atoms with Gasteiger partial charge in [0.15, 0.2) is 0 Å². The van der Waals surface area contributed by atoms with E-state index in [0.717, 1.165) is 5.56 Å². The summed E-state index contributed by atoms with van der Waals surface area (Å²) in [5.74, 6) is -0.474. The van der Waals surface area contributed by atoms with Gasteiger partial charge in [0.25, 0.3) is 5.91 Å². The molecule has 4 nitrogen and oxygen atoms in total. The highest BCUT2D eigenvalue weighted by Gasteiger charge is 2.31. The quantitative estimate of drug-likeness (QED) is 0.430. The van der Waals surface area contributed by atoms with Gasteiger partial charge in [0.05, 0.1) is 22.1 Å². The Hall–Kier alpha value is -1.08. The van der Waals surface area contributed by atoms with Crippen LogP contribution in [0.3, 0.4) is 0 Å². The van der Waals surface area contributed by atoms with Crippen molar-refractivity contribution in [1.82, 2.24) is 4.90 Å². The number of hydrogen-bond donors (Lipinski definition) is 0. The van der Waals surface area contributed by atoms with Crippen molar-refractivity contribution in [2.24, 2.45) is 0 Å². The van der Waals surface area contributed by atoms with Crippen LogP contribution in [-0.2, 0) is 14.3 Å². The van der Waals surface area contributed by atoms with Crippen molar-refractivity contribution in [2.75, 3.05) is 13.7 Å². The summed E-state index contributed by atoms with van der Waals surface area (Å²) in [6.45, 7) is 0.387. The predicted octanol–water partition coefficient (Wildman–Crippen LogP) is 4.15. The minimum Gasteiger partial charge on any atom is -0.469 e. The summed E-state index contributed by atoms with van der Waals surface area (Å²) in [7, 11) is 1.34. The summed E-state index contributed by atoms with van der Waals surface area (Å²) in [6, 6.07) is 5.14. The number of benzene rings is 1. The van der Waals surface area contributed by atoms with E-state index in [1.54, 1.807) is 24.3 Å². The normalized spacial score (nSPS) is 16.3. The van der Waals surface area contributed by atoms with Crippen LogP contribution in [0.2, 0.25) is 10.0 Å². The molecule has 1 aliphatic rings. The monoisotopic (exact) mass is 389 g/mol. The standard InChI is InChI=1S/C15H13Cl2NO3S2/c1-21-13(19)3-2-6-18-14(20)12(23-15(18)22)8-9-4-5-10(16)11(17)7-9/h4-5,7-8H,2-3,6H2,1H3/b12-8-. The first-order valence-electron chi connectivity index (χ1n) is 6.69. The lowest BCUT2D eigenvalue weighted by atomic mass is 10.2. The molecule has 122 valence electrons. The molecule has 1 aromatic rings. The topological polar surface area (TPSA) is 46.6 Å². The van der Waals surface area contributed by atoms with Crippen LogP contribution in [0.4, 0.5) is 0 Å². The highest BCUT2D eigenvalue weighted by Crippen LogP contribution is 2.33. The lowest BCUT2D eigenvalue weighted by Gasteiger charge is -2.13. The highest BCUT2D eigenvalue weighted by atomic mass is 35.5. The molecule has 0 atom stereocenters. The van der Waals surface area contributed by atoms with Crippen molar-refractivity contribution in [3.05, 3.63) is 38.7 Å². The van der Waals surface area contributed by atoms with E-state index in [1.165, 1.54) is 23.8 Å². The van der Waals surface area contributed by atoms with Gasteiger partial charge in [-0.25, -0.2) is 0 Å². The van der Waals surface area contributed by atoms with Crippen LogP contribution < -0.4 is 0 Å². The van der Waals surface area contributed by atoms with E-state index in [-0.39, 0.29) is 18.3 Å². The van der Waals surface area contributed by atoms with Gasteiger partial charge < -0.3 is 4.74 Å². The Morgan fingerprint density at radius 2 is 2.13 bits per heavy atom. The summed E-state index contributed by atoms with van der Waals surface area (Å²) in [5, 5.41) is 0.883. The van der Waals surface area contributed by atoms with Crippen LogP contribution in [0.5, 0.6) is 0 Å². The van der Waals surface area contributed by atoms with E-state index in [1.807, 2.05) is 0 Å². The number of rotatable bonds is 5. The molecule has 1 saturated heterocycles. The number of amides is 1. The van der Waals surface area contributed by atoms with Crippen molar-refractivity contribution in [1.29, 1.82) is 0 Å². The molecule has 0 saturated carbocycles. The number of halogens is 2. The van der Waals surface area contributed by atoms with Crippen molar-refractivity contribution < 1.29 is 14.3 Å². The van der Waals surface area contributed by atoms with Crippen LogP contribution in [0.25, 0.3) is 6.08 Å². The first kappa shape index (κ1) is 18.3. The zero-order valence-electron chi connectivity index (χ0n) is 12.2. The maximum atomic E-state index is 12.4. The summed E-state index contributed by atoms with van der Waals surface area (Å²) in [6.07, 6.45) is 2.47. The minimum atomic E-state index is -0.304. The summed E-state index contributed by atoms with van der Waals surface area (Å²) in [5.41, 5.74) is 0.773. The molecule has 1 amide bonds. The van der Waals surface area contributed by atoms with Gasteiger partial charge in [-0.15, -0.1) is 0 Å². The Morgan fingerprint density at radius 3 is 2.78 bits per heavy atom. The summed E-state index contributed by atoms with van der Waals surface area (Å²) in [4.78, 5) is 25.5. The molecule has 23 heavy (non-hydrogen) atoms. The number of thioether (sulfide) groups is 1. The van der Waals surface area contributed by atoms with Crippen LogP contribution in [-0.4, -0.2) is 34.8 Å². The second-order valence-corrected chi connectivity index (χ2v) is 7.18. The van der Waals surface area contributed by atoms with Crippen molar-refractivity contribution >= 4 is 69.5 Å². The number of carbonyl (C=O) groups excluding carboxylic acids is 2. The largest absolute Gasteiger partial charge is 0.469 e. The molecule has 1 aliphatic heterocycles. The van der Waals surface area contributed by atoms with Crippen molar-refractivity contribution in [2.45, 2.75) is 12.8 Å². The number of methoxy groups -OCH3 is 1. The number of hydrogen-bond acceptors (Lipinski definition) is 5. The minimum absolute atomic E-state index is 0.170. The Balaban J connectivity index is 2.06. The van der Waals surface area contributed by atoms with Crippen LogP contribution in [0.1, 0.15) is 18.4 Å². The van der Waals surface area contributed by atoms with E-state index >= 15 is 0 Å². The molecule has 0 unspecified atom stereocenters. The van der Waals surface area contributed by atoms with Gasteiger partial charge >= 0.3 is 5.97 Å². The zero-order chi connectivity index (χ0) is 17.0. The Morgan fingerprint density at radius 1 is 1.39 bits per heavy atom. The van der Waals surface area contributed by atoms with Crippen LogP contribution >= 0.6 is 47.2 Å². The Labute approximate surface area is 153 Å². The van der Waals surface area contributed by atoms with Crippen LogP contribution in [0.15, 0.2) is 23.1 Å². The fourth-order valence-corrected chi connectivity index (χ4v) is 3.54. The SMILES string of the molecule is COC(=O)CCCN1C(=O)/C(=C/c2ccc(Cl)c(Cl)c2)SC1=S. The van der Waals surface area contributed by atoms with E-state index < -0.39 is 0 Å². The lowest BCUT2D eigenvalue weighted by molar-refractivity contribution is -0.141. The molecule has 8 heteroatoms. The Kier molecular flexibility index (Phi) is 6.47. The first-order valence-corrected chi connectivity index (χ1v) is 8.67. The van der Waals surface area contributed by atoms with E-state index in [4.69, 9.17) is 35.4 Å². The lowest BCUT2D eigenvalue weighted by Crippen LogP contribution is -2.29. The third-order valence-electron chi connectivity index (χ3n) is 3.11. The maximum Gasteiger partial charge on any atom is 0.305 e. The molecule has 0 spiro atoms. The van der Waals surface area contributed by atoms with Gasteiger partial charge in [-0.1, -0.05) is 53.2 Å². The maximum absolute atomic E-state index is 12.4. The second kappa shape index (κ2) is 8.15. The highest BCUT2D eigenvalue weighted by molar-refractivity contribution is 8.26. The molecular weight excluding hydrogens is 377 g/mol. The number of ether oxygens (including phenoxy) is 1. The van der Waals surface area contributed by atoms with Gasteiger partial charge in [0.2, 0.25) is 0 Å². The third-order valence-corrected chi connectivity index (χ3v) is 5.22. The summed E-state index contributed by atoms with van der Waals surface area (Å²) >= 11 is 18.3. The second-order valence-electron chi connectivity index (χ2n) is 4.69. The van der Waals surface area contributed by atoms with Gasteiger partial charge in [-0.3, -0.25) is 14.5 Å². The number of nitrogens with zero attached hydrogens (tertiary/aromatic N) is 1. The van der Waals surface area contributed by atoms with Crippen LogP contribution in [0, 0.1) is 0 Å². The molecule has 0 radical (unpaired) electrons. The number of carbonyl (C=O) groups is 2. The zero-order valence-corrected chi connectivity index (χ0v) is 15.3. The average molecular weight is 390 g/mol. The van der Waals surface area contributed by atoms with Crippen molar-refractivity contribution in [3.8, 4) is 0 Å². The van der Waals surface area contributed by atoms with Gasteiger partial charge in [-0.05, 0) is 30.2 Å². The molecule has 1 heterocycles. The Bertz CT molecular complexity index is 691. The molecule has 0 aliphatic carbocycles. The van der Waals surface area contributed by atoms with E-state index in [2.05, 4.69) is 4.74 Å². The van der Waals surface area contributed by atoms with E-state index in [0.29, 0.717) is 32.2 Å². The number of thiocarbonyl (C=S) groups is 1. The molecule has 0 N–H and O–H groups in total. The summed E-state index contributed by atoms with van der Waals surface area (Å²) < 4.78 is 5.05. The van der Waals surface area contributed by atoms with Gasteiger partial charge in [0, 0.05) is 13.0 Å². The molecule has 0 aromatic heterocycles. The smallest absolute Gasteiger partial charge is 0.305 e. The van der Waals surface area contributed by atoms with Gasteiger partial charge in [-0.2, -0.15) is 0 Å². The molecule has 1 aromatic carbocycles. The average Bonchev–Trinajstić information content (AvgIpc) is 2.78. The van der Waals surface area contributed by atoms with E-state index in [9.17, 15) is 9.59 Å². The van der Waals surface area contributed by atoms with Crippen molar-refractivity contribution in [3.63, 3.8) is 0 Å². The number of esters is 1.